The Labute approximate surface area is 151 Å². The average Bonchev–Trinajstić information content (AvgIpc) is 3.05. The normalized spacial score (nSPS) is 10.5. The molecule has 10 heteroatoms. The molecule has 0 saturated carbocycles. The van der Waals surface area contributed by atoms with Crippen LogP contribution in [0, 0.1) is 10.1 Å². The first-order chi connectivity index (χ1) is 12.4. The number of imidazole rings is 1. The lowest BCUT2D eigenvalue weighted by molar-refractivity contribution is -0.383. The number of hydrogen-bond acceptors (Lipinski definition) is 6. The predicted molar refractivity (Wildman–Crippen MR) is 92.2 cm³/mol. The van der Waals surface area contributed by atoms with Crippen LogP contribution in [0.5, 0.6) is 0 Å². The maximum Gasteiger partial charge on any atom is 0.359 e. The summed E-state index contributed by atoms with van der Waals surface area (Å²) < 4.78 is 6.53. The molecule has 0 spiro atoms. The highest BCUT2D eigenvalue weighted by Crippen LogP contribution is 2.27. The molecule has 0 aliphatic rings. The molecule has 0 bridgehead atoms. The molecule has 1 aromatic carbocycles. The molecular weight excluding hydrogens is 364 g/mol. The van der Waals surface area contributed by atoms with E-state index in [1.54, 1.807) is 28.8 Å². The summed E-state index contributed by atoms with van der Waals surface area (Å²) in [6, 6.07) is 9.05. The fourth-order valence-electron chi connectivity index (χ4n) is 2.19. The maximum atomic E-state index is 12.0. The van der Waals surface area contributed by atoms with Gasteiger partial charge in [0.15, 0.2) is 12.3 Å². The quantitative estimate of drug-likeness (QED) is 0.417. The van der Waals surface area contributed by atoms with E-state index in [4.69, 9.17) is 16.3 Å². The van der Waals surface area contributed by atoms with Gasteiger partial charge < -0.3 is 14.5 Å². The molecule has 26 heavy (non-hydrogen) atoms. The van der Waals surface area contributed by atoms with Gasteiger partial charge in [-0.25, -0.2) is 9.78 Å². The molecule has 2 heterocycles. The van der Waals surface area contributed by atoms with Crippen LogP contribution >= 0.6 is 11.6 Å². The van der Waals surface area contributed by atoms with Gasteiger partial charge in [0.2, 0.25) is 0 Å². The summed E-state index contributed by atoms with van der Waals surface area (Å²) >= 11 is 5.71. The predicted octanol–water partition coefficient (Wildman–Crippen LogP) is 2.69. The van der Waals surface area contributed by atoms with Crippen molar-refractivity contribution in [3.05, 3.63) is 69.6 Å². The fraction of sp³-hybridized carbons (Fsp3) is 0.0625. The summed E-state index contributed by atoms with van der Waals surface area (Å²) in [7, 11) is 0. The molecule has 3 aromatic rings. The molecule has 0 radical (unpaired) electrons. The van der Waals surface area contributed by atoms with Crippen LogP contribution in [-0.2, 0) is 9.53 Å². The minimum absolute atomic E-state index is 0.0430. The smallest absolute Gasteiger partial charge is 0.359 e. The lowest BCUT2D eigenvalue weighted by Crippen LogP contribution is -2.21. The molecule has 1 N–H and O–H groups in total. The van der Waals surface area contributed by atoms with Crippen LogP contribution in [0.1, 0.15) is 10.5 Å². The minimum atomic E-state index is -0.783. The molecule has 1 amide bonds. The first-order valence-electron chi connectivity index (χ1n) is 7.28. The largest absolute Gasteiger partial charge is 0.451 e. The Morgan fingerprint density at radius 2 is 2.12 bits per heavy atom. The first kappa shape index (κ1) is 17.4. The molecule has 132 valence electrons. The van der Waals surface area contributed by atoms with Gasteiger partial charge in [-0.2, -0.15) is 0 Å². The Hall–Kier alpha value is -3.46. The van der Waals surface area contributed by atoms with E-state index < -0.39 is 23.4 Å². The lowest BCUT2D eigenvalue weighted by atomic mass is 10.2. The zero-order valence-corrected chi connectivity index (χ0v) is 13.8. The zero-order valence-electron chi connectivity index (χ0n) is 13.1. The summed E-state index contributed by atoms with van der Waals surface area (Å²) in [6.45, 7) is -0.619. The van der Waals surface area contributed by atoms with Crippen LogP contribution in [0.2, 0.25) is 5.02 Å². The summed E-state index contributed by atoms with van der Waals surface area (Å²) in [5.41, 5.74) is 0.188. The molecule has 0 saturated heterocycles. The van der Waals surface area contributed by atoms with Gasteiger partial charge in [0.25, 0.3) is 11.6 Å². The van der Waals surface area contributed by atoms with E-state index in [9.17, 15) is 19.7 Å². The highest BCUT2D eigenvalue weighted by atomic mass is 35.5. The number of benzene rings is 1. The number of carbonyl (C=O) groups excluding carboxylic acids is 2. The van der Waals surface area contributed by atoms with Crippen molar-refractivity contribution in [1.82, 2.24) is 9.38 Å². The van der Waals surface area contributed by atoms with E-state index in [2.05, 4.69) is 10.3 Å². The molecule has 0 atom stereocenters. The van der Waals surface area contributed by atoms with E-state index in [-0.39, 0.29) is 22.1 Å². The van der Waals surface area contributed by atoms with Crippen molar-refractivity contribution < 1.29 is 19.2 Å². The second-order valence-corrected chi connectivity index (χ2v) is 5.57. The summed E-state index contributed by atoms with van der Waals surface area (Å²) in [5, 5.41) is 13.5. The van der Waals surface area contributed by atoms with Gasteiger partial charge in [0.1, 0.15) is 11.3 Å². The van der Waals surface area contributed by atoms with Gasteiger partial charge in [-0.05, 0) is 24.3 Å². The van der Waals surface area contributed by atoms with Crippen LogP contribution < -0.4 is 5.32 Å². The van der Waals surface area contributed by atoms with E-state index in [1.165, 1.54) is 18.3 Å². The number of aromatic nitrogens is 2. The second kappa shape index (κ2) is 7.19. The third kappa shape index (κ3) is 3.78. The highest BCUT2D eigenvalue weighted by molar-refractivity contribution is 6.31. The number of halogens is 1. The number of esters is 1. The summed E-state index contributed by atoms with van der Waals surface area (Å²) in [5.74, 6) is -1.51. The van der Waals surface area contributed by atoms with Crippen LogP contribution in [-0.4, -0.2) is 32.8 Å². The molecule has 2 aromatic heterocycles. The SMILES string of the molecule is O=C(COC(=O)c1cn2ccccc2n1)Nc1ccc(Cl)cc1[N+](=O)[O-]. The Bertz CT molecular complexity index is 984. The van der Waals surface area contributed by atoms with Crippen molar-refractivity contribution >= 4 is 40.5 Å². The van der Waals surface area contributed by atoms with Crippen molar-refractivity contribution in [2.24, 2.45) is 0 Å². The van der Waals surface area contributed by atoms with Crippen LogP contribution in [0.25, 0.3) is 5.65 Å². The topological polar surface area (TPSA) is 116 Å². The number of anilines is 1. The number of fused-ring (bicyclic) bond motifs is 1. The number of nitrogens with zero attached hydrogens (tertiary/aromatic N) is 3. The van der Waals surface area contributed by atoms with E-state index >= 15 is 0 Å². The van der Waals surface area contributed by atoms with Crippen molar-refractivity contribution in [1.29, 1.82) is 0 Å². The zero-order chi connectivity index (χ0) is 18.7. The van der Waals surface area contributed by atoms with Crippen molar-refractivity contribution in [3.63, 3.8) is 0 Å². The Balaban J connectivity index is 1.64. The number of pyridine rings is 1. The van der Waals surface area contributed by atoms with E-state index in [0.717, 1.165) is 6.07 Å². The number of hydrogen-bond donors (Lipinski definition) is 1. The average molecular weight is 375 g/mol. The molecule has 9 nitrogen and oxygen atoms in total. The minimum Gasteiger partial charge on any atom is -0.451 e. The number of nitro benzene ring substituents is 1. The lowest BCUT2D eigenvalue weighted by Gasteiger charge is -2.06. The van der Waals surface area contributed by atoms with Gasteiger partial charge in [-0.15, -0.1) is 0 Å². The molecule has 0 aliphatic heterocycles. The van der Waals surface area contributed by atoms with Crippen molar-refractivity contribution in [3.8, 4) is 0 Å². The molecule has 0 fully saturated rings. The first-order valence-corrected chi connectivity index (χ1v) is 7.66. The number of amides is 1. The third-order valence-corrected chi connectivity index (χ3v) is 3.57. The fourth-order valence-corrected chi connectivity index (χ4v) is 2.35. The number of ether oxygens (including phenoxy) is 1. The Morgan fingerprint density at radius 1 is 1.31 bits per heavy atom. The molecular formula is C16H11ClN4O5. The summed E-state index contributed by atoms with van der Waals surface area (Å²) in [4.78, 5) is 38.3. The highest BCUT2D eigenvalue weighted by Gasteiger charge is 2.18. The third-order valence-electron chi connectivity index (χ3n) is 3.34. The number of carbonyl (C=O) groups is 2. The van der Waals surface area contributed by atoms with Gasteiger partial charge in [0.05, 0.1) is 4.92 Å². The van der Waals surface area contributed by atoms with Gasteiger partial charge in [-0.1, -0.05) is 17.7 Å². The standard InChI is InChI=1S/C16H11ClN4O5/c17-10-4-5-11(13(7-10)21(24)25)19-15(22)9-26-16(23)12-8-20-6-2-1-3-14(20)18-12/h1-8H,9H2,(H,19,22). The van der Waals surface area contributed by atoms with Crippen LogP contribution in [0.15, 0.2) is 48.8 Å². The second-order valence-electron chi connectivity index (χ2n) is 5.14. The number of nitrogens with one attached hydrogen (secondary N) is 1. The number of rotatable bonds is 5. The van der Waals surface area contributed by atoms with E-state index in [1.807, 2.05) is 0 Å². The van der Waals surface area contributed by atoms with Gasteiger partial charge in [-0.3, -0.25) is 14.9 Å². The monoisotopic (exact) mass is 374 g/mol. The van der Waals surface area contributed by atoms with E-state index in [0.29, 0.717) is 5.65 Å². The van der Waals surface area contributed by atoms with Crippen molar-refractivity contribution in [2.75, 3.05) is 11.9 Å². The Morgan fingerprint density at radius 3 is 2.85 bits per heavy atom. The number of nitro groups is 1. The summed E-state index contributed by atoms with van der Waals surface area (Å²) in [6.07, 6.45) is 3.19. The van der Waals surface area contributed by atoms with Gasteiger partial charge in [0, 0.05) is 23.5 Å². The van der Waals surface area contributed by atoms with Crippen LogP contribution in [0.3, 0.4) is 0 Å². The van der Waals surface area contributed by atoms with Gasteiger partial charge >= 0.3 is 5.97 Å². The Kier molecular flexibility index (Phi) is 4.81. The molecule has 3 rings (SSSR count). The maximum absolute atomic E-state index is 12.0. The van der Waals surface area contributed by atoms with Crippen LogP contribution in [0.4, 0.5) is 11.4 Å². The van der Waals surface area contributed by atoms with Crippen molar-refractivity contribution in [2.45, 2.75) is 0 Å². The molecule has 0 aliphatic carbocycles. The molecule has 0 unspecified atom stereocenters.